The fourth-order valence-corrected chi connectivity index (χ4v) is 8.91. The van der Waals surface area contributed by atoms with Gasteiger partial charge in [0.25, 0.3) is 0 Å². The summed E-state index contributed by atoms with van der Waals surface area (Å²) in [5.74, 6) is -0.588. The molecule has 278 valence electrons. The van der Waals surface area contributed by atoms with Gasteiger partial charge in [-0.05, 0) is 118 Å². The summed E-state index contributed by atoms with van der Waals surface area (Å²) in [4.78, 5) is 47.9. The summed E-state index contributed by atoms with van der Waals surface area (Å²) in [7, 11) is -3.61. The lowest BCUT2D eigenvalue weighted by Crippen LogP contribution is -2.56. The number of rotatable bonds is 11. The molecule has 11 nitrogen and oxygen atoms in total. The standard InChI is InChI=1S/C37H55ClN3O8P/c1-11-46-50(45)23-22-40(25-28-18-20-39-24-30(28)27-14-16-29(38)17-15-27)26-37(50,31(42)47-34(2,3)4)19-12-13-21-41(32(43)48-35(5,6)7)33(44)49-36(8,9)10/h14-18,20,24H,11-13,19,21-23,25-26H2,1-10H3. The lowest BCUT2D eigenvalue weighted by atomic mass is 9.97. The molecule has 0 N–H and O–H groups in total. The Morgan fingerprint density at radius 2 is 1.48 bits per heavy atom. The number of hydrogen-bond donors (Lipinski definition) is 0. The molecule has 1 fully saturated rings. The van der Waals surface area contributed by atoms with Gasteiger partial charge in [0.05, 0.1) is 6.61 Å². The van der Waals surface area contributed by atoms with Crippen molar-refractivity contribution in [3.05, 3.63) is 53.3 Å². The number of aromatic nitrogens is 1. The average molecular weight is 736 g/mol. The Hall–Kier alpha value is -2.98. The van der Waals surface area contributed by atoms with E-state index in [0.29, 0.717) is 31.0 Å². The molecule has 1 aromatic heterocycles. The molecule has 50 heavy (non-hydrogen) atoms. The van der Waals surface area contributed by atoms with Crippen molar-refractivity contribution in [2.75, 3.05) is 32.4 Å². The minimum absolute atomic E-state index is 0.0294. The van der Waals surface area contributed by atoms with Gasteiger partial charge in [0.15, 0.2) is 5.16 Å². The molecule has 13 heteroatoms. The smallest absolute Gasteiger partial charge is 0.419 e. The molecule has 3 rings (SSSR count). The van der Waals surface area contributed by atoms with E-state index in [4.69, 9.17) is 30.3 Å². The highest BCUT2D eigenvalue weighted by atomic mass is 35.5. The minimum atomic E-state index is -3.61. The molecule has 2 aromatic rings. The molecule has 0 radical (unpaired) electrons. The molecule has 0 bridgehead atoms. The van der Waals surface area contributed by atoms with Gasteiger partial charge in [-0.1, -0.05) is 23.7 Å². The highest BCUT2D eigenvalue weighted by Crippen LogP contribution is 2.64. The van der Waals surface area contributed by atoms with E-state index >= 15 is 0 Å². The number of imide groups is 1. The van der Waals surface area contributed by atoms with Crippen LogP contribution in [0.1, 0.15) is 94.1 Å². The first-order valence-corrected chi connectivity index (χ1v) is 19.4. The lowest BCUT2D eigenvalue weighted by Gasteiger charge is -2.46. The molecule has 2 unspecified atom stereocenters. The van der Waals surface area contributed by atoms with Crippen molar-refractivity contribution >= 4 is 37.1 Å². The fraction of sp³-hybridized carbons (Fsp3) is 0.622. The van der Waals surface area contributed by atoms with Crippen molar-refractivity contribution in [3.63, 3.8) is 0 Å². The van der Waals surface area contributed by atoms with E-state index in [1.807, 2.05) is 30.3 Å². The quantitative estimate of drug-likeness (QED) is 0.0956. The number of pyridine rings is 1. The van der Waals surface area contributed by atoms with Gasteiger partial charge in [-0.2, -0.15) is 0 Å². The number of carbonyl (C=O) groups is 3. The van der Waals surface area contributed by atoms with Crippen LogP contribution >= 0.6 is 19.0 Å². The number of ether oxygens (including phenoxy) is 3. The average Bonchev–Trinajstić information content (AvgIpc) is 2.97. The number of amides is 2. The third-order valence-electron chi connectivity index (χ3n) is 7.87. The number of benzene rings is 1. The first kappa shape index (κ1) is 41.4. The summed E-state index contributed by atoms with van der Waals surface area (Å²) in [5.41, 5.74) is 0.341. The molecule has 0 aliphatic carbocycles. The molecular weight excluding hydrogens is 681 g/mol. The maximum atomic E-state index is 14.9. The number of carbonyl (C=O) groups excluding carboxylic acids is 3. The van der Waals surface area contributed by atoms with Gasteiger partial charge in [0, 0.05) is 55.3 Å². The van der Waals surface area contributed by atoms with Gasteiger partial charge in [-0.3, -0.25) is 19.2 Å². The zero-order chi connectivity index (χ0) is 37.5. The Bertz CT molecular complexity index is 1500. The number of hydrogen-bond acceptors (Lipinski definition) is 10. The summed E-state index contributed by atoms with van der Waals surface area (Å²) in [6.07, 6.45) is 2.80. The number of unbranched alkanes of at least 4 members (excludes halogenated alkanes) is 1. The van der Waals surface area contributed by atoms with Crippen LogP contribution in [-0.4, -0.2) is 87.3 Å². The number of halogens is 1. The van der Waals surface area contributed by atoms with E-state index in [1.165, 1.54) is 0 Å². The second kappa shape index (κ2) is 16.6. The highest BCUT2D eigenvalue weighted by Gasteiger charge is 2.59. The molecule has 1 aliphatic rings. The van der Waals surface area contributed by atoms with Crippen LogP contribution < -0.4 is 0 Å². The molecule has 2 heterocycles. The van der Waals surface area contributed by atoms with Crippen molar-refractivity contribution in [2.24, 2.45) is 0 Å². The first-order chi connectivity index (χ1) is 23.1. The van der Waals surface area contributed by atoms with Crippen LogP contribution in [-0.2, 0) is 34.6 Å². The second-order valence-corrected chi connectivity index (χ2v) is 19.0. The number of nitrogens with zero attached hydrogens (tertiary/aromatic N) is 3. The highest BCUT2D eigenvalue weighted by molar-refractivity contribution is 7.62. The molecule has 1 aliphatic heterocycles. The van der Waals surface area contributed by atoms with Crippen molar-refractivity contribution < 1.29 is 37.7 Å². The van der Waals surface area contributed by atoms with E-state index in [2.05, 4.69) is 9.88 Å². The van der Waals surface area contributed by atoms with Gasteiger partial charge in [0.2, 0.25) is 7.37 Å². The third kappa shape index (κ3) is 11.5. The van der Waals surface area contributed by atoms with Gasteiger partial charge >= 0.3 is 18.2 Å². The normalized spacial score (nSPS) is 20.2. The van der Waals surface area contributed by atoms with Crippen molar-refractivity contribution in [3.8, 4) is 11.1 Å². The minimum Gasteiger partial charge on any atom is -0.459 e. The summed E-state index contributed by atoms with van der Waals surface area (Å²) < 4.78 is 37.9. The summed E-state index contributed by atoms with van der Waals surface area (Å²) in [5, 5.41) is -0.866. The predicted molar refractivity (Wildman–Crippen MR) is 196 cm³/mol. The van der Waals surface area contributed by atoms with Crippen LogP contribution in [0.5, 0.6) is 0 Å². The molecule has 2 amide bonds. The Morgan fingerprint density at radius 3 is 2.02 bits per heavy atom. The van der Waals surface area contributed by atoms with Crippen LogP contribution in [0.15, 0.2) is 42.7 Å². The molecule has 2 atom stereocenters. The number of esters is 1. The Kier molecular flexibility index (Phi) is 13.7. The van der Waals surface area contributed by atoms with Crippen molar-refractivity contribution in [1.82, 2.24) is 14.8 Å². The molecule has 1 saturated heterocycles. The van der Waals surface area contributed by atoms with Crippen molar-refractivity contribution in [1.29, 1.82) is 0 Å². The Labute approximate surface area is 302 Å². The van der Waals surface area contributed by atoms with Gasteiger partial charge in [-0.15, -0.1) is 0 Å². The lowest BCUT2D eigenvalue weighted by molar-refractivity contribution is -0.160. The topological polar surface area (TPSA) is 125 Å². The fourth-order valence-electron chi connectivity index (χ4n) is 5.77. The van der Waals surface area contributed by atoms with Gasteiger partial charge < -0.3 is 18.7 Å². The van der Waals surface area contributed by atoms with E-state index in [1.54, 1.807) is 81.6 Å². The van der Waals surface area contributed by atoms with Gasteiger partial charge in [0.1, 0.15) is 16.8 Å². The SMILES string of the molecule is CCOP1(=O)CCN(Cc2ccncc2-c2ccc(Cl)cc2)CC1(CCCCN(C(=O)OC(C)(C)C)C(=O)OC(C)(C)C)C(=O)OC(C)(C)C. The Balaban J connectivity index is 1.94. The van der Waals surface area contributed by atoms with Gasteiger partial charge in [-0.25, -0.2) is 14.5 Å². The maximum Gasteiger partial charge on any atom is 0.419 e. The second-order valence-electron chi connectivity index (χ2n) is 15.7. The summed E-state index contributed by atoms with van der Waals surface area (Å²) in [6.45, 7) is 18.6. The molecular formula is C37H55ClN3O8P. The molecule has 0 saturated carbocycles. The zero-order valence-electron chi connectivity index (χ0n) is 31.3. The molecule has 1 aromatic carbocycles. The van der Waals surface area contributed by atoms with Crippen molar-refractivity contribution in [2.45, 2.75) is 117 Å². The molecule has 0 spiro atoms. The maximum absolute atomic E-state index is 14.9. The van der Waals surface area contributed by atoms with E-state index < -0.39 is 47.5 Å². The van der Waals surface area contributed by atoms with Crippen LogP contribution in [0.3, 0.4) is 0 Å². The monoisotopic (exact) mass is 735 g/mol. The first-order valence-electron chi connectivity index (χ1n) is 17.2. The largest absolute Gasteiger partial charge is 0.459 e. The zero-order valence-corrected chi connectivity index (χ0v) is 33.0. The Morgan fingerprint density at radius 1 is 0.900 bits per heavy atom. The van der Waals surface area contributed by atoms with Crippen LogP contribution in [0.2, 0.25) is 5.02 Å². The van der Waals surface area contributed by atoms with Crippen LogP contribution in [0.4, 0.5) is 9.59 Å². The van der Waals surface area contributed by atoms with Crippen LogP contribution in [0.25, 0.3) is 11.1 Å². The van der Waals surface area contributed by atoms with Crippen LogP contribution in [0, 0.1) is 0 Å². The summed E-state index contributed by atoms with van der Waals surface area (Å²) in [6, 6.07) is 9.47. The summed E-state index contributed by atoms with van der Waals surface area (Å²) >= 11 is 6.15. The van der Waals surface area contributed by atoms with E-state index in [0.717, 1.165) is 21.6 Å². The van der Waals surface area contributed by atoms with E-state index in [-0.39, 0.29) is 32.3 Å². The third-order valence-corrected chi connectivity index (χ3v) is 11.4. The van der Waals surface area contributed by atoms with E-state index in [9.17, 15) is 18.9 Å². The predicted octanol–water partition coefficient (Wildman–Crippen LogP) is 8.96.